The van der Waals surface area contributed by atoms with Gasteiger partial charge in [0, 0.05) is 12.1 Å². The normalized spacial score (nSPS) is 22.8. The van der Waals surface area contributed by atoms with Crippen molar-refractivity contribution in [1.29, 1.82) is 0 Å². The quantitative estimate of drug-likeness (QED) is 0.833. The van der Waals surface area contributed by atoms with Crippen LogP contribution in [0.5, 0.6) is 0 Å². The highest BCUT2D eigenvalue weighted by atomic mass is 15.1. The highest BCUT2D eigenvalue weighted by Crippen LogP contribution is 2.63. The topological polar surface area (TPSA) is 12.0 Å². The van der Waals surface area contributed by atoms with Gasteiger partial charge in [-0.2, -0.15) is 0 Å². The molecular formula is C17H27N. The van der Waals surface area contributed by atoms with Gasteiger partial charge < -0.3 is 5.32 Å². The monoisotopic (exact) mass is 245 g/mol. The predicted molar refractivity (Wildman–Crippen MR) is 78.8 cm³/mol. The van der Waals surface area contributed by atoms with Crippen molar-refractivity contribution >= 4 is 0 Å². The summed E-state index contributed by atoms with van der Waals surface area (Å²) >= 11 is 0. The fourth-order valence-electron chi connectivity index (χ4n) is 2.99. The molecule has 2 rings (SSSR count). The minimum Gasteiger partial charge on any atom is -0.306 e. The van der Waals surface area contributed by atoms with E-state index in [1.165, 1.54) is 16.7 Å². The van der Waals surface area contributed by atoms with Gasteiger partial charge in [0.2, 0.25) is 0 Å². The van der Waals surface area contributed by atoms with Crippen LogP contribution in [-0.2, 0) is 0 Å². The Kier molecular flexibility index (Phi) is 3.09. The molecule has 0 aromatic heterocycles. The molecule has 1 aromatic rings. The summed E-state index contributed by atoms with van der Waals surface area (Å²) in [4.78, 5) is 0. The lowest BCUT2D eigenvalue weighted by Crippen LogP contribution is -2.25. The van der Waals surface area contributed by atoms with Crippen molar-refractivity contribution in [3.8, 4) is 0 Å². The van der Waals surface area contributed by atoms with Gasteiger partial charge in [-0.3, -0.25) is 0 Å². The third kappa shape index (κ3) is 1.99. The van der Waals surface area contributed by atoms with Crippen molar-refractivity contribution in [1.82, 2.24) is 5.32 Å². The van der Waals surface area contributed by atoms with Gasteiger partial charge >= 0.3 is 0 Å². The molecule has 1 unspecified atom stereocenters. The van der Waals surface area contributed by atoms with Crippen LogP contribution in [-0.4, -0.2) is 6.04 Å². The summed E-state index contributed by atoms with van der Waals surface area (Å²) in [6.07, 6.45) is 0. The van der Waals surface area contributed by atoms with Crippen LogP contribution >= 0.6 is 0 Å². The second-order valence-corrected chi connectivity index (χ2v) is 7.11. The predicted octanol–water partition coefficient (Wildman–Crippen LogP) is 4.39. The standard InChI is InChI=1S/C17H27N/c1-11-8-9-14(10-12(11)2)13(3)18-15-16(4,5)17(15,6)7/h8-10,13,15,18H,1-7H3. The summed E-state index contributed by atoms with van der Waals surface area (Å²) in [7, 11) is 0. The van der Waals surface area contributed by atoms with Crippen molar-refractivity contribution in [3.63, 3.8) is 0 Å². The SMILES string of the molecule is Cc1ccc(C(C)NC2C(C)(C)C2(C)C)cc1C. The molecule has 0 spiro atoms. The van der Waals surface area contributed by atoms with E-state index < -0.39 is 0 Å². The molecule has 0 bridgehead atoms. The van der Waals surface area contributed by atoms with Crippen molar-refractivity contribution < 1.29 is 0 Å². The zero-order valence-corrected chi connectivity index (χ0v) is 12.9. The Bertz CT molecular complexity index is 443. The van der Waals surface area contributed by atoms with E-state index in [1.807, 2.05) is 0 Å². The van der Waals surface area contributed by atoms with E-state index in [2.05, 4.69) is 72.0 Å². The smallest absolute Gasteiger partial charge is 0.0294 e. The molecule has 18 heavy (non-hydrogen) atoms. The maximum Gasteiger partial charge on any atom is 0.0294 e. The molecular weight excluding hydrogens is 218 g/mol. The molecule has 0 amide bonds. The summed E-state index contributed by atoms with van der Waals surface area (Å²) in [6, 6.07) is 7.83. The molecule has 1 aliphatic carbocycles. The molecule has 0 saturated heterocycles. The Hall–Kier alpha value is -0.820. The van der Waals surface area contributed by atoms with E-state index in [-0.39, 0.29) is 0 Å². The summed E-state index contributed by atoms with van der Waals surface area (Å²) in [5, 5.41) is 3.80. The minimum absolute atomic E-state index is 0.404. The van der Waals surface area contributed by atoms with Crippen LogP contribution in [0.2, 0.25) is 0 Å². The highest BCUT2D eigenvalue weighted by molar-refractivity contribution is 5.32. The maximum absolute atomic E-state index is 3.80. The van der Waals surface area contributed by atoms with Gasteiger partial charge in [-0.1, -0.05) is 45.9 Å². The Morgan fingerprint density at radius 3 is 2.00 bits per heavy atom. The second-order valence-electron chi connectivity index (χ2n) is 7.11. The summed E-state index contributed by atoms with van der Waals surface area (Å²) in [6.45, 7) is 16.1. The number of hydrogen-bond donors (Lipinski definition) is 1. The van der Waals surface area contributed by atoms with Crippen molar-refractivity contribution in [2.75, 3.05) is 0 Å². The molecule has 1 aromatic carbocycles. The lowest BCUT2D eigenvalue weighted by atomic mass is 10.0. The lowest BCUT2D eigenvalue weighted by molar-refractivity contribution is 0.457. The van der Waals surface area contributed by atoms with Crippen LogP contribution in [0.4, 0.5) is 0 Å². The first-order valence-electron chi connectivity index (χ1n) is 7.01. The van der Waals surface area contributed by atoms with Crippen LogP contribution in [0, 0.1) is 24.7 Å². The van der Waals surface area contributed by atoms with Gasteiger partial charge in [0.05, 0.1) is 0 Å². The molecule has 1 heteroatoms. The average Bonchev–Trinajstić information content (AvgIpc) is 2.65. The first-order valence-corrected chi connectivity index (χ1v) is 7.01. The first kappa shape index (κ1) is 13.6. The molecule has 1 N–H and O–H groups in total. The largest absolute Gasteiger partial charge is 0.306 e. The molecule has 0 aliphatic heterocycles. The van der Waals surface area contributed by atoms with Crippen LogP contribution in [0.1, 0.15) is 57.4 Å². The molecule has 1 aliphatic rings. The average molecular weight is 245 g/mol. The second kappa shape index (κ2) is 4.09. The van der Waals surface area contributed by atoms with Gasteiger partial charge in [-0.25, -0.2) is 0 Å². The Morgan fingerprint density at radius 2 is 1.56 bits per heavy atom. The molecule has 1 nitrogen and oxygen atoms in total. The van der Waals surface area contributed by atoms with Crippen LogP contribution in [0.15, 0.2) is 18.2 Å². The van der Waals surface area contributed by atoms with E-state index in [9.17, 15) is 0 Å². The van der Waals surface area contributed by atoms with Gasteiger partial charge in [-0.05, 0) is 48.3 Å². The lowest BCUT2D eigenvalue weighted by Gasteiger charge is -2.17. The summed E-state index contributed by atoms with van der Waals surface area (Å²) < 4.78 is 0. The molecule has 0 radical (unpaired) electrons. The molecule has 1 fully saturated rings. The van der Waals surface area contributed by atoms with Crippen LogP contribution in [0.25, 0.3) is 0 Å². The number of nitrogens with one attached hydrogen (secondary N) is 1. The Balaban J connectivity index is 2.10. The maximum atomic E-state index is 3.80. The van der Waals surface area contributed by atoms with Crippen molar-refractivity contribution in [2.24, 2.45) is 10.8 Å². The zero-order valence-electron chi connectivity index (χ0n) is 12.9. The van der Waals surface area contributed by atoms with Gasteiger partial charge in [0.25, 0.3) is 0 Å². The third-order valence-corrected chi connectivity index (χ3v) is 5.47. The Morgan fingerprint density at radius 1 is 1.00 bits per heavy atom. The molecule has 100 valence electrons. The van der Waals surface area contributed by atoms with Crippen LogP contribution < -0.4 is 5.32 Å². The number of hydrogen-bond acceptors (Lipinski definition) is 1. The van der Waals surface area contributed by atoms with Gasteiger partial charge in [-0.15, -0.1) is 0 Å². The summed E-state index contributed by atoms with van der Waals surface area (Å²) in [5.41, 5.74) is 4.97. The van der Waals surface area contributed by atoms with Gasteiger partial charge in [0.15, 0.2) is 0 Å². The molecule has 1 atom stereocenters. The highest BCUT2D eigenvalue weighted by Gasteiger charge is 2.64. The fraction of sp³-hybridized carbons (Fsp3) is 0.647. The fourth-order valence-corrected chi connectivity index (χ4v) is 2.99. The van der Waals surface area contributed by atoms with Crippen molar-refractivity contribution in [3.05, 3.63) is 34.9 Å². The number of benzene rings is 1. The van der Waals surface area contributed by atoms with E-state index in [4.69, 9.17) is 0 Å². The Labute approximate surface area is 112 Å². The van der Waals surface area contributed by atoms with E-state index >= 15 is 0 Å². The summed E-state index contributed by atoms with van der Waals surface area (Å²) in [5.74, 6) is 0. The van der Waals surface area contributed by atoms with E-state index in [1.54, 1.807) is 0 Å². The first-order chi connectivity index (χ1) is 8.18. The van der Waals surface area contributed by atoms with Crippen molar-refractivity contribution in [2.45, 2.75) is 60.5 Å². The van der Waals surface area contributed by atoms with Gasteiger partial charge in [0.1, 0.15) is 0 Å². The zero-order chi connectivity index (χ0) is 13.7. The van der Waals surface area contributed by atoms with E-state index in [0.717, 1.165) is 0 Å². The number of rotatable bonds is 3. The molecule has 1 saturated carbocycles. The number of aryl methyl sites for hydroxylation is 2. The minimum atomic E-state index is 0.404. The third-order valence-electron chi connectivity index (χ3n) is 5.47. The van der Waals surface area contributed by atoms with Crippen LogP contribution in [0.3, 0.4) is 0 Å². The van der Waals surface area contributed by atoms with E-state index in [0.29, 0.717) is 22.9 Å². The molecule has 0 heterocycles.